The van der Waals surface area contributed by atoms with Crippen molar-refractivity contribution in [1.29, 1.82) is 0 Å². The lowest BCUT2D eigenvalue weighted by atomic mass is 10.2. The molecular formula is C8H10ClNO. The van der Waals surface area contributed by atoms with E-state index in [-0.39, 0.29) is 0 Å². The van der Waals surface area contributed by atoms with Gasteiger partial charge in [-0.15, -0.1) is 0 Å². The van der Waals surface area contributed by atoms with E-state index in [4.69, 9.17) is 22.1 Å². The van der Waals surface area contributed by atoms with Crippen LogP contribution < -0.4 is 10.5 Å². The minimum Gasteiger partial charge on any atom is -0.495 e. The number of halogens is 1. The average Bonchev–Trinajstić information content (AvgIpc) is 1.85. The van der Waals surface area contributed by atoms with E-state index in [1.807, 2.05) is 13.0 Å². The Balaban J connectivity index is 3.25. The van der Waals surface area contributed by atoms with E-state index in [1.54, 1.807) is 13.2 Å². The fourth-order valence-electron chi connectivity index (χ4n) is 1.02. The minimum atomic E-state index is 0.560. The van der Waals surface area contributed by atoms with Crippen LogP contribution in [0.4, 0.5) is 5.69 Å². The highest BCUT2D eigenvalue weighted by molar-refractivity contribution is 6.32. The molecule has 11 heavy (non-hydrogen) atoms. The second kappa shape index (κ2) is 3.01. The summed E-state index contributed by atoms with van der Waals surface area (Å²) in [5.41, 5.74) is 7.16. The lowest BCUT2D eigenvalue weighted by Gasteiger charge is -2.06. The number of hydrogen-bond acceptors (Lipinski definition) is 2. The van der Waals surface area contributed by atoms with Crippen molar-refractivity contribution in [3.63, 3.8) is 0 Å². The predicted octanol–water partition coefficient (Wildman–Crippen LogP) is 2.24. The summed E-state index contributed by atoms with van der Waals surface area (Å²) in [5, 5.41) is 0.560. The zero-order chi connectivity index (χ0) is 8.43. The zero-order valence-corrected chi connectivity index (χ0v) is 7.27. The van der Waals surface area contributed by atoms with Crippen LogP contribution >= 0.6 is 11.6 Å². The van der Waals surface area contributed by atoms with Gasteiger partial charge in [-0.2, -0.15) is 0 Å². The standard InChI is InChI=1S/C8H10ClNO/c1-5-3-6(10)4-7(9)8(5)11-2/h3-4H,10H2,1-2H3. The van der Waals surface area contributed by atoms with Crippen molar-refractivity contribution in [1.82, 2.24) is 0 Å². The van der Waals surface area contributed by atoms with Crippen LogP contribution in [0, 0.1) is 6.92 Å². The number of anilines is 1. The van der Waals surface area contributed by atoms with E-state index >= 15 is 0 Å². The van der Waals surface area contributed by atoms with Crippen LogP contribution in [0.1, 0.15) is 5.56 Å². The maximum absolute atomic E-state index is 5.83. The van der Waals surface area contributed by atoms with E-state index in [9.17, 15) is 0 Å². The molecule has 60 valence electrons. The summed E-state index contributed by atoms with van der Waals surface area (Å²) >= 11 is 5.83. The first-order valence-electron chi connectivity index (χ1n) is 3.24. The summed E-state index contributed by atoms with van der Waals surface area (Å²) in [7, 11) is 1.59. The Hall–Kier alpha value is -0.890. The van der Waals surface area contributed by atoms with Gasteiger partial charge < -0.3 is 10.5 Å². The molecule has 3 heteroatoms. The Morgan fingerprint density at radius 1 is 1.45 bits per heavy atom. The van der Waals surface area contributed by atoms with Crippen molar-refractivity contribution >= 4 is 17.3 Å². The quantitative estimate of drug-likeness (QED) is 0.658. The Bertz CT molecular complexity index is 250. The van der Waals surface area contributed by atoms with Crippen molar-refractivity contribution in [3.8, 4) is 5.75 Å². The third-order valence-corrected chi connectivity index (χ3v) is 1.74. The van der Waals surface area contributed by atoms with Gasteiger partial charge in [-0.05, 0) is 24.6 Å². The Morgan fingerprint density at radius 3 is 2.55 bits per heavy atom. The Kier molecular flexibility index (Phi) is 2.25. The number of benzene rings is 1. The zero-order valence-electron chi connectivity index (χ0n) is 6.52. The van der Waals surface area contributed by atoms with Gasteiger partial charge in [0.25, 0.3) is 0 Å². The third kappa shape index (κ3) is 1.57. The van der Waals surface area contributed by atoms with Crippen LogP contribution in [0.25, 0.3) is 0 Å². The van der Waals surface area contributed by atoms with Crippen LogP contribution in [0.5, 0.6) is 5.75 Å². The molecule has 1 aromatic rings. The van der Waals surface area contributed by atoms with Crippen LogP contribution in [-0.4, -0.2) is 7.11 Å². The van der Waals surface area contributed by atoms with Crippen LogP contribution in [-0.2, 0) is 0 Å². The summed E-state index contributed by atoms with van der Waals surface area (Å²) in [4.78, 5) is 0. The number of hydrogen-bond donors (Lipinski definition) is 1. The molecule has 0 amide bonds. The normalized spacial score (nSPS) is 9.73. The van der Waals surface area contributed by atoms with Gasteiger partial charge in [0, 0.05) is 5.69 Å². The molecule has 0 fully saturated rings. The molecule has 0 aliphatic carbocycles. The summed E-state index contributed by atoms with van der Waals surface area (Å²) in [6, 6.07) is 3.50. The molecule has 0 aliphatic heterocycles. The SMILES string of the molecule is COc1c(C)cc(N)cc1Cl. The highest BCUT2D eigenvalue weighted by Gasteiger charge is 2.03. The first-order valence-corrected chi connectivity index (χ1v) is 3.62. The van der Waals surface area contributed by atoms with Crippen LogP contribution in [0.15, 0.2) is 12.1 Å². The van der Waals surface area contributed by atoms with E-state index in [0.29, 0.717) is 16.5 Å². The van der Waals surface area contributed by atoms with Crippen molar-refractivity contribution in [2.45, 2.75) is 6.92 Å². The van der Waals surface area contributed by atoms with Crippen molar-refractivity contribution in [2.24, 2.45) is 0 Å². The topological polar surface area (TPSA) is 35.2 Å². The molecule has 0 aliphatic rings. The van der Waals surface area contributed by atoms with Gasteiger partial charge in [-0.3, -0.25) is 0 Å². The van der Waals surface area contributed by atoms with E-state index < -0.39 is 0 Å². The van der Waals surface area contributed by atoms with Crippen molar-refractivity contribution < 1.29 is 4.74 Å². The van der Waals surface area contributed by atoms with Crippen molar-refractivity contribution in [3.05, 3.63) is 22.7 Å². The van der Waals surface area contributed by atoms with E-state index in [0.717, 1.165) is 5.56 Å². The second-order valence-corrected chi connectivity index (χ2v) is 2.76. The van der Waals surface area contributed by atoms with Crippen molar-refractivity contribution in [2.75, 3.05) is 12.8 Å². The maximum atomic E-state index is 5.83. The molecule has 2 N–H and O–H groups in total. The van der Waals surface area contributed by atoms with Crippen LogP contribution in [0.2, 0.25) is 5.02 Å². The molecule has 0 unspecified atom stereocenters. The van der Waals surface area contributed by atoms with Gasteiger partial charge in [0.05, 0.1) is 12.1 Å². The minimum absolute atomic E-state index is 0.560. The van der Waals surface area contributed by atoms with Gasteiger partial charge in [0.1, 0.15) is 5.75 Å². The molecule has 1 aromatic carbocycles. The summed E-state index contributed by atoms with van der Waals surface area (Å²) in [6.45, 7) is 1.90. The Morgan fingerprint density at radius 2 is 2.09 bits per heavy atom. The number of rotatable bonds is 1. The van der Waals surface area contributed by atoms with Gasteiger partial charge in [0.2, 0.25) is 0 Å². The van der Waals surface area contributed by atoms with E-state index in [2.05, 4.69) is 0 Å². The molecular weight excluding hydrogens is 162 g/mol. The lowest BCUT2D eigenvalue weighted by molar-refractivity contribution is 0.412. The van der Waals surface area contributed by atoms with Gasteiger partial charge >= 0.3 is 0 Å². The number of nitrogen functional groups attached to an aromatic ring is 1. The highest BCUT2D eigenvalue weighted by Crippen LogP contribution is 2.30. The number of aryl methyl sites for hydroxylation is 1. The molecule has 0 aromatic heterocycles. The number of ether oxygens (including phenoxy) is 1. The third-order valence-electron chi connectivity index (χ3n) is 1.46. The average molecular weight is 172 g/mol. The molecule has 0 atom stereocenters. The molecule has 2 nitrogen and oxygen atoms in total. The molecule has 0 spiro atoms. The monoisotopic (exact) mass is 171 g/mol. The summed E-state index contributed by atoms with van der Waals surface area (Å²) in [6.07, 6.45) is 0. The second-order valence-electron chi connectivity index (χ2n) is 2.35. The predicted molar refractivity (Wildman–Crippen MR) is 47.2 cm³/mol. The van der Waals surface area contributed by atoms with E-state index in [1.165, 1.54) is 0 Å². The fraction of sp³-hybridized carbons (Fsp3) is 0.250. The smallest absolute Gasteiger partial charge is 0.140 e. The summed E-state index contributed by atoms with van der Waals surface area (Å²) < 4.78 is 5.04. The van der Waals surface area contributed by atoms with Gasteiger partial charge in [0.15, 0.2) is 0 Å². The number of nitrogens with two attached hydrogens (primary N) is 1. The molecule has 0 bridgehead atoms. The molecule has 0 saturated carbocycles. The highest BCUT2D eigenvalue weighted by atomic mass is 35.5. The maximum Gasteiger partial charge on any atom is 0.140 e. The Labute approximate surface area is 70.9 Å². The number of methoxy groups -OCH3 is 1. The first-order chi connectivity index (χ1) is 5.15. The molecule has 1 rings (SSSR count). The largest absolute Gasteiger partial charge is 0.495 e. The molecule has 0 heterocycles. The first kappa shape index (κ1) is 8.21. The van der Waals surface area contributed by atoms with Gasteiger partial charge in [-0.1, -0.05) is 11.6 Å². The lowest BCUT2D eigenvalue weighted by Crippen LogP contribution is -1.91. The van der Waals surface area contributed by atoms with Gasteiger partial charge in [-0.25, -0.2) is 0 Å². The molecule has 0 saturated heterocycles. The van der Waals surface area contributed by atoms with Crippen LogP contribution in [0.3, 0.4) is 0 Å². The summed E-state index contributed by atoms with van der Waals surface area (Å²) in [5.74, 6) is 0.695. The molecule has 0 radical (unpaired) electrons. The fourth-order valence-corrected chi connectivity index (χ4v) is 1.37.